The summed E-state index contributed by atoms with van der Waals surface area (Å²) in [5.74, 6) is 1.57. The number of nitrogens with zero attached hydrogens (tertiary/aromatic N) is 1. The number of allylic oxidation sites excluding steroid dienone is 1. The van der Waals surface area contributed by atoms with Crippen LogP contribution < -0.4 is 4.90 Å². The zero-order valence-electron chi connectivity index (χ0n) is 14.6. The predicted molar refractivity (Wildman–Crippen MR) is 113 cm³/mol. The van der Waals surface area contributed by atoms with E-state index in [1.165, 1.54) is 22.0 Å². The number of benzene rings is 3. The maximum Gasteiger partial charge on any atom is 0.164 e. The van der Waals surface area contributed by atoms with E-state index in [1.54, 1.807) is 0 Å². The Bertz CT molecular complexity index is 901. The summed E-state index contributed by atoms with van der Waals surface area (Å²) >= 11 is 3.71. The quantitative estimate of drug-likeness (QED) is 0.456. The molecule has 1 unspecified atom stereocenters. The third-order valence-electron chi connectivity index (χ3n) is 4.87. The Morgan fingerprint density at radius 3 is 2.50 bits per heavy atom. The average Bonchev–Trinajstić information content (AvgIpc) is 3.17. The van der Waals surface area contributed by atoms with Crippen molar-refractivity contribution in [3.8, 4) is 0 Å². The van der Waals surface area contributed by atoms with Crippen molar-refractivity contribution in [1.29, 1.82) is 0 Å². The molecular weight excluding hydrogens is 386 g/mol. The van der Waals surface area contributed by atoms with Crippen LogP contribution in [-0.2, 0) is 11.2 Å². The lowest BCUT2D eigenvalue weighted by molar-refractivity contribution is 0.225. The van der Waals surface area contributed by atoms with Crippen molar-refractivity contribution in [3.63, 3.8) is 0 Å². The minimum absolute atomic E-state index is 0.503. The summed E-state index contributed by atoms with van der Waals surface area (Å²) in [7, 11) is 0. The fourth-order valence-electron chi connectivity index (χ4n) is 3.53. The fraction of sp³-hybridized carbons (Fsp3) is 0.217. The van der Waals surface area contributed by atoms with Gasteiger partial charge in [-0.15, -0.1) is 0 Å². The maximum absolute atomic E-state index is 5.94. The van der Waals surface area contributed by atoms with E-state index in [2.05, 4.69) is 93.8 Å². The normalized spacial score (nSPS) is 15.0. The number of fused-ring (bicyclic) bond motifs is 1. The second-order valence-corrected chi connectivity index (χ2v) is 7.39. The Morgan fingerprint density at radius 1 is 0.885 bits per heavy atom. The first kappa shape index (κ1) is 17.2. The van der Waals surface area contributed by atoms with Gasteiger partial charge < -0.3 is 9.64 Å². The van der Waals surface area contributed by atoms with Gasteiger partial charge in [0.1, 0.15) is 5.76 Å². The monoisotopic (exact) mass is 407 g/mol. The standard InChI is InChI=1S/C23H22BrNO/c24-15-18(13-20-9-6-8-19-7-4-5-12-23(19)20)14-22-16-25(17-26-22)21-10-2-1-3-11-21/h1-12,16,18H,13-15,17H2. The van der Waals surface area contributed by atoms with Crippen LogP contribution in [0.15, 0.2) is 84.8 Å². The molecule has 0 N–H and O–H groups in total. The maximum atomic E-state index is 5.94. The molecule has 3 aromatic carbocycles. The van der Waals surface area contributed by atoms with E-state index in [-0.39, 0.29) is 0 Å². The largest absolute Gasteiger partial charge is 0.476 e. The molecule has 1 aliphatic heterocycles. The van der Waals surface area contributed by atoms with Crippen LogP contribution in [0.3, 0.4) is 0 Å². The summed E-state index contributed by atoms with van der Waals surface area (Å²) < 4.78 is 5.94. The van der Waals surface area contributed by atoms with E-state index < -0.39 is 0 Å². The third-order valence-corrected chi connectivity index (χ3v) is 5.79. The number of anilines is 1. The van der Waals surface area contributed by atoms with Crippen molar-refractivity contribution in [2.75, 3.05) is 17.0 Å². The van der Waals surface area contributed by atoms with Gasteiger partial charge in [-0.2, -0.15) is 0 Å². The van der Waals surface area contributed by atoms with Crippen molar-refractivity contribution >= 4 is 32.4 Å². The molecule has 0 aromatic heterocycles. The van der Waals surface area contributed by atoms with E-state index >= 15 is 0 Å². The molecule has 1 atom stereocenters. The van der Waals surface area contributed by atoms with Gasteiger partial charge in [-0.3, -0.25) is 0 Å². The molecule has 0 spiro atoms. The number of halogens is 1. The van der Waals surface area contributed by atoms with Gasteiger partial charge in [-0.05, 0) is 40.8 Å². The van der Waals surface area contributed by atoms with Gasteiger partial charge in [0, 0.05) is 23.6 Å². The van der Waals surface area contributed by atoms with E-state index in [1.807, 2.05) is 6.07 Å². The molecule has 3 aromatic rings. The minimum atomic E-state index is 0.503. The topological polar surface area (TPSA) is 12.5 Å². The van der Waals surface area contributed by atoms with Gasteiger partial charge in [-0.1, -0.05) is 76.6 Å². The highest BCUT2D eigenvalue weighted by Crippen LogP contribution is 2.28. The zero-order valence-corrected chi connectivity index (χ0v) is 16.2. The van der Waals surface area contributed by atoms with E-state index in [9.17, 15) is 0 Å². The highest BCUT2D eigenvalue weighted by atomic mass is 79.9. The fourth-order valence-corrected chi connectivity index (χ4v) is 3.99. The Morgan fingerprint density at radius 2 is 1.65 bits per heavy atom. The summed E-state index contributed by atoms with van der Waals surface area (Å²) in [5, 5.41) is 3.63. The zero-order chi connectivity index (χ0) is 17.8. The van der Waals surface area contributed by atoms with Crippen LogP contribution in [0, 0.1) is 5.92 Å². The van der Waals surface area contributed by atoms with Crippen LogP contribution in [0.2, 0.25) is 0 Å². The molecule has 0 radical (unpaired) electrons. The van der Waals surface area contributed by atoms with E-state index in [4.69, 9.17) is 4.74 Å². The summed E-state index contributed by atoms with van der Waals surface area (Å²) in [6.45, 7) is 0.600. The van der Waals surface area contributed by atoms with E-state index in [0.717, 1.165) is 23.9 Å². The van der Waals surface area contributed by atoms with Crippen molar-refractivity contribution in [3.05, 3.63) is 90.3 Å². The summed E-state index contributed by atoms with van der Waals surface area (Å²) in [6.07, 6.45) is 4.13. The molecule has 1 heterocycles. The van der Waals surface area contributed by atoms with Crippen LogP contribution >= 0.6 is 15.9 Å². The molecule has 132 valence electrons. The van der Waals surface area contributed by atoms with Crippen LogP contribution in [0.5, 0.6) is 0 Å². The number of hydrogen-bond acceptors (Lipinski definition) is 2. The van der Waals surface area contributed by atoms with Crippen molar-refractivity contribution < 1.29 is 4.74 Å². The van der Waals surface area contributed by atoms with E-state index in [0.29, 0.717) is 12.6 Å². The number of alkyl halides is 1. The van der Waals surface area contributed by atoms with Crippen molar-refractivity contribution in [2.45, 2.75) is 12.8 Å². The molecule has 0 amide bonds. The molecule has 0 aliphatic carbocycles. The molecule has 1 aliphatic rings. The van der Waals surface area contributed by atoms with Crippen LogP contribution in [0.4, 0.5) is 5.69 Å². The number of rotatable bonds is 6. The SMILES string of the molecule is BrCC(CC1=CN(c2ccccc2)CO1)Cc1cccc2ccccc12. The first-order valence-electron chi connectivity index (χ1n) is 9.01. The second kappa shape index (κ2) is 7.96. The first-order chi connectivity index (χ1) is 12.8. The molecule has 0 bridgehead atoms. The Balaban J connectivity index is 1.48. The second-order valence-electron chi connectivity index (χ2n) is 6.74. The lowest BCUT2D eigenvalue weighted by Gasteiger charge is -2.16. The lowest BCUT2D eigenvalue weighted by atomic mass is 9.93. The highest BCUT2D eigenvalue weighted by Gasteiger charge is 2.19. The molecule has 0 saturated heterocycles. The smallest absolute Gasteiger partial charge is 0.164 e. The van der Waals surface area contributed by atoms with Crippen molar-refractivity contribution in [2.24, 2.45) is 5.92 Å². The molecule has 3 heteroatoms. The Labute approximate surface area is 163 Å². The molecule has 0 saturated carbocycles. The summed E-state index contributed by atoms with van der Waals surface area (Å²) in [4.78, 5) is 2.17. The van der Waals surface area contributed by atoms with Crippen LogP contribution in [-0.4, -0.2) is 12.1 Å². The number of ether oxygens (including phenoxy) is 1. The van der Waals surface area contributed by atoms with Crippen LogP contribution in [0.25, 0.3) is 10.8 Å². The molecule has 26 heavy (non-hydrogen) atoms. The molecule has 4 rings (SSSR count). The Hall–Kier alpha value is -2.26. The van der Waals surface area contributed by atoms with Gasteiger partial charge in [0.2, 0.25) is 0 Å². The molecule has 2 nitrogen and oxygen atoms in total. The number of para-hydroxylation sites is 1. The first-order valence-corrected chi connectivity index (χ1v) is 10.1. The van der Waals surface area contributed by atoms with Crippen molar-refractivity contribution in [1.82, 2.24) is 0 Å². The number of hydrogen-bond donors (Lipinski definition) is 0. The molecule has 0 fully saturated rings. The lowest BCUT2D eigenvalue weighted by Crippen LogP contribution is -2.12. The van der Waals surface area contributed by atoms with Gasteiger partial charge in [0.05, 0.1) is 0 Å². The Kier molecular flexibility index (Phi) is 5.26. The summed E-state index contributed by atoms with van der Waals surface area (Å²) in [5.41, 5.74) is 2.58. The van der Waals surface area contributed by atoms with Gasteiger partial charge in [0.15, 0.2) is 6.73 Å². The predicted octanol–water partition coefficient (Wildman–Crippen LogP) is 6.12. The van der Waals surface area contributed by atoms with Gasteiger partial charge >= 0.3 is 0 Å². The molecular formula is C23H22BrNO. The van der Waals surface area contributed by atoms with Crippen LogP contribution in [0.1, 0.15) is 12.0 Å². The van der Waals surface area contributed by atoms with Gasteiger partial charge in [0.25, 0.3) is 0 Å². The third kappa shape index (κ3) is 3.78. The summed E-state index contributed by atoms with van der Waals surface area (Å²) in [6, 6.07) is 25.6. The van der Waals surface area contributed by atoms with Gasteiger partial charge in [-0.25, -0.2) is 0 Å². The minimum Gasteiger partial charge on any atom is -0.476 e. The average molecular weight is 408 g/mol. The highest BCUT2D eigenvalue weighted by molar-refractivity contribution is 9.09.